The summed E-state index contributed by atoms with van der Waals surface area (Å²) in [7, 11) is 0. The summed E-state index contributed by atoms with van der Waals surface area (Å²) in [6.45, 7) is 2.59. The fraction of sp³-hybridized carbons (Fsp3) is 0.667. The van der Waals surface area contributed by atoms with Gasteiger partial charge in [-0.1, -0.05) is 0 Å². The van der Waals surface area contributed by atoms with Gasteiger partial charge in [0.05, 0.1) is 6.61 Å². The summed E-state index contributed by atoms with van der Waals surface area (Å²) in [6.07, 6.45) is -3.58. The molecule has 1 aromatic rings. The number of nitrogens with zero attached hydrogens (tertiary/aromatic N) is 3. The minimum Gasteiger partial charge on any atom is -0.373 e. The number of rotatable bonds is 3. The van der Waals surface area contributed by atoms with E-state index in [-0.39, 0.29) is 6.61 Å². The third kappa shape index (κ3) is 1.82. The van der Waals surface area contributed by atoms with Crippen LogP contribution in [0, 0.1) is 0 Å². The lowest BCUT2D eigenvalue weighted by molar-refractivity contribution is 0.0788. The monoisotopic (exact) mass is 259 g/mol. The molecule has 1 saturated heterocycles. The van der Waals surface area contributed by atoms with Crippen molar-refractivity contribution < 1.29 is 14.9 Å². The molecule has 9 heteroatoms. The van der Waals surface area contributed by atoms with Crippen molar-refractivity contribution in [2.45, 2.75) is 32.5 Å². The molecule has 0 saturated carbocycles. The Labute approximate surface area is 100 Å². The summed E-state index contributed by atoms with van der Waals surface area (Å²) in [5, 5.41) is 18.8. The van der Waals surface area contributed by atoms with E-state index in [1.807, 2.05) is 0 Å². The first-order valence-electron chi connectivity index (χ1n) is 5.33. The molecule has 1 aromatic heterocycles. The zero-order valence-electron chi connectivity index (χ0n) is 9.81. The number of hydrogen-bond acceptors (Lipinski definition) is 6. The summed E-state index contributed by atoms with van der Waals surface area (Å²) in [5.41, 5.74) is -2.98. The molecule has 9 nitrogen and oxygen atoms in total. The highest BCUT2D eigenvalue weighted by molar-refractivity contribution is 4.85. The van der Waals surface area contributed by atoms with Crippen molar-refractivity contribution in [3.8, 4) is 0 Å². The van der Waals surface area contributed by atoms with Crippen LogP contribution in [0.4, 0.5) is 0 Å². The lowest BCUT2D eigenvalue weighted by Crippen LogP contribution is -2.55. The lowest BCUT2D eigenvalue weighted by atomic mass is 10.5. The van der Waals surface area contributed by atoms with Gasteiger partial charge in [-0.2, -0.15) is 0 Å². The van der Waals surface area contributed by atoms with Gasteiger partial charge in [0.1, 0.15) is 12.5 Å². The van der Waals surface area contributed by atoms with Gasteiger partial charge >= 0.3 is 17.1 Å². The molecular weight excluding hydrogens is 246 g/mol. The highest BCUT2D eigenvalue weighted by Crippen LogP contribution is 2.18. The summed E-state index contributed by atoms with van der Waals surface area (Å²) in [5.74, 6) is 0. The molecular formula is C9H13N3O6. The maximum atomic E-state index is 11.9. The Morgan fingerprint density at radius 3 is 1.72 bits per heavy atom. The van der Waals surface area contributed by atoms with Crippen molar-refractivity contribution in [3.63, 3.8) is 0 Å². The van der Waals surface area contributed by atoms with Crippen LogP contribution in [0.3, 0.4) is 0 Å². The fourth-order valence-electron chi connectivity index (χ4n) is 1.67. The molecule has 2 heterocycles. The van der Waals surface area contributed by atoms with Gasteiger partial charge in [0.15, 0.2) is 6.23 Å². The second kappa shape index (κ2) is 4.19. The van der Waals surface area contributed by atoms with Gasteiger partial charge in [0.2, 0.25) is 0 Å². The summed E-state index contributed by atoms with van der Waals surface area (Å²) < 4.78 is 6.50. The standard InChI is InChI=1S/C9H13N3O6/c1-4(13)10-7(15)11(5(2)14)9(17)12(8(10)16)6-3-18-6/h4-6,13-14H,3H2,1-2H3. The third-order valence-corrected chi connectivity index (χ3v) is 2.59. The molecule has 3 atom stereocenters. The van der Waals surface area contributed by atoms with Gasteiger partial charge in [0, 0.05) is 0 Å². The van der Waals surface area contributed by atoms with E-state index in [1.54, 1.807) is 0 Å². The van der Waals surface area contributed by atoms with Crippen molar-refractivity contribution in [1.82, 2.24) is 13.7 Å². The highest BCUT2D eigenvalue weighted by Gasteiger charge is 2.32. The van der Waals surface area contributed by atoms with Crippen molar-refractivity contribution in [2.24, 2.45) is 0 Å². The van der Waals surface area contributed by atoms with Crippen LogP contribution in [0.15, 0.2) is 14.4 Å². The van der Waals surface area contributed by atoms with Crippen molar-refractivity contribution in [1.29, 1.82) is 0 Å². The number of ether oxygens (including phenoxy) is 1. The first-order chi connectivity index (χ1) is 8.36. The minimum absolute atomic E-state index is 0.174. The van der Waals surface area contributed by atoms with Gasteiger partial charge in [-0.05, 0) is 13.8 Å². The molecule has 2 rings (SSSR count). The normalized spacial score (nSPS) is 21.7. The van der Waals surface area contributed by atoms with E-state index < -0.39 is 35.8 Å². The first kappa shape index (κ1) is 12.7. The summed E-state index contributed by atoms with van der Waals surface area (Å²) >= 11 is 0. The third-order valence-electron chi connectivity index (χ3n) is 2.59. The molecule has 0 aliphatic carbocycles. The molecule has 0 bridgehead atoms. The Balaban J connectivity index is 2.89. The predicted molar refractivity (Wildman–Crippen MR) is 58.1 cm³/mol. The molecule has 2 N–H and O–H groups in total. The maximum Gasteiger partial charge on any atom is 0.340 e. The smallest absolute Gasteiger partial charge is 0.340 e. The van der Waals surface area contributed by atoms with Crippen molar-refractivity contribution >= 4 is 0 Å². The fourth-order valence-corrected chi connectivity index (χ4v) is 1.67. The Kier molecular flexibility index (Phi) is 2.97. The molecule has 0 spiro atoms. The molecule has 3 unspecified atom stereocenters. The van der Waals surface area contributed by atoms with E-state index in [0.29, 0.717) is 13.7 Å². The average molecular weight is 259 g/mol. The van der Waals surface area contributed by atoms with Crippen LogP contribution in [-0.2, 0) is 4.74 Å². The molecule has 0 amide bonds. The molecule has 18 heavy (non-hydrogen) atoms. The Morgan fingerprint density at radius 2 is 1.44 bits per heavy atom. The van der Waals surface area contributed by atoms with Crippen molar-refractivity contribution in [2.75, 3.05) is 6.61 Å². The van der Waals surface area contributed by atoms with Crippen LogP contribution in [0.2, 0.25) is 0 Å². The van der Waals surface area contributed by atoms with Gasteiger partial charge in [-0.15, -0.1) is 0 Å². The second-order valence-electron chi connectivity index (χ2n) is 4.01. The molecule has 1 aliphatic rings. The quantitative estimate of drug-likeness (QED) is 0.590. The number of aliphatic hydroxyl groups excluding tert-OH is 2. The van der Waals surface area contributed by atoms with E-state index in [2.05, 4.69) is 0 Å². The van der Waals surface area contributed by atoms with E-state index in [4.69, 9.17) is 4.74 Å². The highest BCUT2D eigenvalue weighted by atomic mass is 16.6. The Bertz CT molecular complexity index is 525. The molecule has 0 radical (unpaired) electrons. The van der Waals surface area contributed by atoms with E-state index in [1.165, 1.54) is 13.8 Å². The van der Waals surface area contributed by atoms with Crippen molar-refractivity contribution in [3.05, 3.63) is 31.5 Å². The second-order valence-corrected chi connectivity index (χ2v) is 4.01. The van der Waals surface area contributed by atoms with E-state index in [0.717, 1.165) is 0 Å². The number of hydrogen-bond donors (Lipinski definition) is 2. The molecule has 0 aromatic carbocycles. The molecule has 100 valence electrons. The first-order valence-corrected chi connectivity index (χ1v) is 5.33. The SMILES string of the molecule is CC(O)n1c(=O)n(C(C)O)c(=O)n(C2CO2)c1=O. The minimum atomic E-state index is -1.42. The maximum absolute atomic E-state index is 11.9. The molecule has 1 aliphatic heterocycles. The van der Waals surface area contributed by atoms with E-state index in [9.17, 15) is 24.6 Å². The van der Waals surface area contributed by atoms with Crippen LogP contribution < -0.4 is 17.1 Å². The zero-order chi connectivity index (χ0) is 13.6. The lowest BCUT2D eigenvalue weighted by Gasteiger charge is -2.15. The average Bonchev–Trinajstić information content (AvgIpc) is 2.99. The number of epoxide rings is 1. The number of aromatic nitrogens is 3. The largest absolute Gasteiger partial charge is 0.373 e. The van der Waals surface area contributed by atoms with Gasteiger partial charge in [-0.25, -0.2) is 28.1 Å². The van der Waals surface area contributed by atoms with Gasteiger partial charge < -0.3 is 14.9 Å². The van der Waals surface area contributed by atoms with Gasteiger partial charge in [-0.3, -0.25) is 0 Å². The van der Waals surface area contributed by atoms with Crippen LogP contribution in [0.25, 0.3) is 0 Å². The molecule has 1 fully saturated rings. The zero-order valence-corrected chi connectivity index (χ0v) is 9.81. The van der Waals surface area contributed by atoms with Gasteiger partial charge in [0.25, 0.3) is 0 Å². The summed E-state index contributed by atoms with van der Waals surface area (Å²) in [4.78, 5) is 35.6. The van der Waals surface area contributed by atoms with Crippen LogP contribution in [0.5, 0.6) is 0 Å². The van der Waals surface area contributed by atoms with E-state index >= 15 is 0 Å². The predicted octanol–water partition coefficient (Wildman–Crippen LogP) is -2.28. The van der Waals surface area contributed by atoms with Crippen LogP contribution >= 0.6 is 0 Å². The topological polar surface area (TPSA) is 119 Å². The Hall–Kier alpha value is -1.71. The number of aliphatic hydroxyl groups is 2. The van der Waals surface area contributed by atoms with Crippen LogP contribution in [-0.4, -0.2) is 30.5 Å². The Morgan fingerprint density at radius 1 is 1.06 bits per heavy atom. The van der Waals surface area contributed by atoms with Crippen LogP contribution in [0.1, 0.15) is 32.5 Å². The summed E-state index contributed by atoms with van der Waals surface area (Å²) in [6, 6.07) is 0.